The molecule has 0 bridgehead atoms. The average molecular weight is 234 g/mol. The Bertz CT molecular complexity index is 425. The highest BCUT2D eigenvalue weighted by Gasteiger charge is 2.61. The van der Waals surface area contributed by atoms with E-state index in [0.29, 0.717) is 0 Å². The monoisotopic (exact) mass is 234 g/mol. The van der Waals surface area contributed by atoms with Gasteiger partial charge in [-0.2, -0.15) is 0 Å². The van der Waals surface area contributed by atoms with Crippen LogP contribution < -0.4 is 4.74 Å². The number of rotatable bonds is 3. The Hall–Kier alpha value is -1.02. The predicted octanol–water partition coefficient (Wildman–Crippen LogP) is 2.97. The predicted molar refractivity (Wildman–Crippen MR) is 69.6 cm³/mol. The molecule has 1 aliphatic carbocycles. The summed E-state index contributed by atoms with van der Waals surface area (Å²) in [6, 6.07) is 4.33. The summed E-state index contributed by atoms with van der Waals surface area (Å²) in [6.45, 7) is 8.80. The number of aliphatic hydroxyl groups excluding tert-OH is 1. The second-order valence-electron chi connectivity index (χ2n) is 5.94. The number of aryl methyl sites for hydroxylation is 2. The van der Waals surface area contributed by atoms with Crippen LogP contribution in [0.3, 0.4) is 0 Å². The van der Waals surface area contributed by atoms with E-state index in [4.69, 9.17) is 4.74 Å². The maximum atomic E-state index is 9.72. The second kappa shape index (κ2) is 3.74. The highest BCUT2D eigenvalue weighted by atomic mass is 16.5. The van der Waals surface area contributed by atoms with Gasteiger partial charge in [0.15, 0.2) is 0 Å². The first kappa shape index (κ1) is 12.4. The van der Waals surface area contributed by atoms with Crippen LogP contribution in [0, 0.1) is 19.3 Å². The Balaban J connectivity index is 2.49. The molecule has 0 heterocycles. The van der Waals surface area contributed by atoms with Gasteiger partial charge >= 0.3 is 0 Å². The molecule has 1 N–H and O–H groups in total. The third-order valence-corrected chi connectivity index (χ3v) is 4.40. The van der Waals surface area contributed by atoms with Crippen molar-refractivity contribution in [3.63, 3.8) is 0 Å². The molecule has 17 heavy (non-hydrogen) atoms. The van der Waals surface area contributed by atoms with Crippen molar-refractivity contribution in [1.29, 1.82) is 0 Å². The molecular weight excluding hydrogens is 212 g/mol. The van der Waals surface area contributed by atoms with E-state index in [-0.39, 0.29) is 17.4 Å². The Labute approximate surface area is 104 Å². The van der Waals surface area contributed by atoms with Crippen molar-refractivity contribution in [2.75, 3.05) is 13.7 Å². The molecule has 0 aliphatic heterocycles. The lowest BCUT2D eigenvalue weighted by molar-refractivity contribution is 0.231. The Kier molecular flexibility index (Phi) is 2.74. The van der Waals surface area contributed by atoms with Crippen LogP contribution >= 0.6 is 0 Å². The van der Waals surface area contributed by atoms with Gasteiger partial charge in [0.25, 0.3) is 0 Å². The summed E-state index contributed by atoms with van der Waals surface area (Å²) in [5.41, 5.74) is 3.71. The van der Waals surface area contributed by atoms with E-state index < -0.39 is 0 Å². The third kappa shape index (κ3) is 1.66. The second-order valence-corrected chi connectivity index (χ2v) is 5.94. The number of ether oxygens (including phenoxy) is 1. The van der Waals surface area contributed by atoms with Gasteiger partial charge in [-0.1, -0.05) is 26.0 Å². The van der Waals surface area contributed by atoms with Gasteiger partial charge in [0.1, 0.15) is 5.75 Å². The standard InChI is InChI=1S/C15H22O2/c1-10-6-12(7-11(2)13(10)17-5)15(9-16)8-14(15,3)4/h6-7,16H,8-9H2,1-5H3. The zero-order valence-corrected chi connectivity index (χ0v) is 11.4. The van der Waals surface area contributed by atoms with Crippen molar-refractivity contribution < 1.29 is 9.84 Å². The lowest BCUT2D eigenvalue weighted by atomic mass is 9.86. The third-order valence-electron chi connectivity index (χ3n) is 4.40. The zero-order chi connectivity index (χ0) is 12.8. The van der Waals surface area contributed by atoms with Gasteiger partial charge in [-0.3, -0.25) is 0 Å². The molecule has 94 valence electrons. The molecule has 1 fully saturated rings. The molecule has 0 radical (unpaired) electrons. The van der Waals surface area contributed by atoms with Crippen molar-refractivity contribution in [1.82, 2.24) is 0 Å². The molecule has 1 unspecified atom stereocenters. The minimum atomic E-state index is -0.0468. The maximum Gasteiger partial charge on any atom is 0.124 e. The fourth-order valence-electron chi connectivity index (χ4n) is 3.11. The summed E-state index contributed by atoms with van der Waals surface area (Å²) in [5, 5.41) is 9.72. The molecular formula is C15H22O2. The SMILES string of the molecule is COc1c(C)cc(C2(CO)CC2(C)C)cc1C. The number of aliphatic hydroxyl groups is 1. The van der Waals surface area contributed by atoms with Crippen molar-refractivity contribution in [2.45, 2.75) is 39.5 Å². The van der Waals surface area contributed by atoms with Crippen molar-refractivity contribution in [3.8, 4) is 5.75 Å². The summed E-state index contributed by atoms with van der Waals surface area (Å²) >= 11 is 0. The van der Waals surface area contributed by atoms with Gasteiger partial charge < -0.3 is 9.84 Å². The Morgan fingerprint density at radius 3 is 2.00 bits per heavy atom. The van der Waals surface area contributed by atoms with Gasteiger partial charge in [0.2, 0.25) is 0 Å². The van der Waals surface area contributed by atoms with Gasteiger partial charge in [-0.25, -0.2) is 0 Å². The van der Waals surface area contributed by atoms with E-state index in [9.17, 15) is 5.11 Å². The van der Waals surface area contributed by atoms with Crippen molar-refractivity contribution >= 4 is 0 Å². The Morgan fingerprint density at radius 2 is 1.71 bits per heavy atom. The molecule has 1 aliphatic rings. The number of hydrogen-bond acceptors (Lipinski definition) is 2. The zero-order valence-electron chi connectivity index (χ0n) is 11.4. The molecule has 2 nitrogen and oxygen atoms in total. The minimum absolute atomic E-state index is 0.0468. The molecule has 0 aromatic heterocycles. The van der Waals surface area contributed by atoms with Crippen LogP contribution in [0.2, 0.25) is 0 Å². The average Bonchev–Trinajstić information content (AvgIpc) is 2.82. The van der Waals surface area contributed by atoms with E-state index >= 15 is 0 Å². The first-order chi connectivity index (χ1) is 7.88. The molecule has 1 aromatic rings. The highest BCUT2D eigenvalue weighted by molar-refractivity contribution is 5.49. The van der Waals surface area contributed by atoms with E-state index in [0.717, 1.165) is 23.3 Å². The van der Waals surface area contributed by atoms with Crippen LogP contribution in [0.15, 0.2) is 12.1 Å². The number of methoxy groups -OCH3 is 1. The summed E-state index contributed by atoms with van der Waals surface area (Å²) in [6.07, 6.45) is 1.06. The number of hydrogen-bond donors (Lipinski definition) is 1. The number of benzene rings is 1. The minimum Gasteiger partial charge on any atom is -0.496 e. The summed E-state index contributed by atoms with van der Waals surface area (Å²) < 4.78 is 5.39. The topological polar surface area (TPSA) is 29.5 Å². The lowest BCUT2D eigenvalue weighted by Gasteiger charge is -2.21. The van der Waals surface area contributed by atoms with Crippen LogP contribution in [0.25, 0.3) is 0 Å². The maximum absolute atomic E-state index is 9.72. The highest BCUT2D eigenvalue weighted by Crippen LogP contribution is 2.64. The molecule has 0 amide bonds. The fraction of sp³-hybridized carbons (Fsp3) is 0.600. The normalized spacial score (nSPS) is 25.8. The van der Waals surface area contributed by atoms with Crippen LogP contribution in [0.5, 0.6) is 5.75 Å². The summed E-state index contributed by atoms with van der Waals surface area (Å²) in [5.74, 6) is 0.959. The summed E-state index contributed by atoms with van der Waals surface area (Å²) in [7, 11) is 1.71. The lowest BCUT2D eigenvalue weighted by Crippen LogP contribution is -2.19. The van der Waals surface area contributed by atoms with Crippen molar-refractivity contribution in [2.24, 2.45) is 5.41 Å². The van der Waals surface area contributed by atoms with E-state index in [1.807, 2.05) is 0 Å². The smallest absolute Gasteiger partial charge is 0.124 e. The quantitative estimate of drug-likeness (QED) is 0.871. The first-order valence-corrected chi connectivity index (χ1v) is 6.14. The van der Waals surface area contributed by atoms with E-state index in [2.05, 4.69) is 39.8 Å². The molecule has 0 spiro atoms. The van der Waals surface area contributed by atoms with Gasteiger partial charge in [-0.15, -0.1) is 0 Å². The fourth-order valence-corrected chi connectivity index (χ4v) is 3.11. The van der Waals surface area contributed by atoms with E-state index in [1.165, 1.54) is 5.56 Å². The molecule has 1 aromatic carbocycles. The van der Waals surface area contributed by atoms with Crippen LogP contribution in [0.1, 0.15) is 37.0 Å². The molecule has 2 rings (SSSR count). The van der Waals surface area contributed by atoms with Crippen LogP contribution in [0.4, 0.5) is 0 Å². The van der Waals surface area contributed by atoms with Crippen LogP contribution in [-0.4, -0.2) is 18.8 Å². The van der Waals surface area contributed by atoms with Gasteiger partial charge in [-0.05, 0) is 42.4 Å². The first-order valence-electron chi connectivity index (χ1n) is 6.14. The molecule has 2 heteroatoms. The van der Waals surface area contributed by atoms with Crippen LogP contribution in [-0.2, 0) is 5.41 Å². The Morgan fingerprint density at radius 1 is 1.24 bits per heavy atom. The van der Waals surface area contributed by atoms with E-state index in [1.54, 1.807) is 7.11 Å². The molecule has 0 saturated heterocycles. The summed E-state index contributed by atoms with van der Waals surface area (Å²) in [4.78, 5) is 0. The van der Waals surface area contributed by atoms with Gasteiger partial charge in [0.05, 0.1) is 13.7 Å². The van der Waals surface area contributed by atoms with Crippen molar-refractivity contribution in [3.05, 3.63) is 28.8 Å². The largest absolute Gasteiger partial charge is 0.496 e. The molecule has 1 saturated carbocycles. The van der Waals surface area contributed by atoms with Gasteiger partial charge in [0, 0.05) is 5.41 Å². The molecule has 1 atom stereocenters.